The lowest BCUT2D eigenvalue weighted by atomic mass is 10.1. The van der Waals surface area contributed by atoms with Crippen molar-refractivity contribution in [2.75, 3.05) is 6.54 Å². The molecule has 0 amide bonds. The highest BCUT2D eigenvalue weighted by Gasteiger charge is 2.28. The smallest absolute Gasteiger partial charge is 0.185 e. The van der Waals surface area contributed by atoms with Crippen LogP contribution < -0.4 is 0 Å². The Morgan fingerprint density at radius 2 is 2.40 bits per heavy atom. The van der Waals surface area contributed by atoms with Gasteiger partial charge in [0.05, 0.1) is 6.04 Å². The molecule has 1 aromatic heterocycles. The van der Waals surface area contributed by atoms with Crippen molar-refractivity contribution < 1.29 is 4.79 Å². The Hall–Kier alpha value is -1.84. The lowest BCUT2D eigenvalue weighted by Crippen LogP contribution is -2.33. The molecule has 76 valence electrons. The summed E-state index contributed by atoms with van der Waals surface area (Å²) in [6.07, 6.45) is 10.1. The SMILES string of the molecule is O=C1CC2C=CCN2C=C1n1cccn1. The Kier molecular flexibility index (Phi) is 1.74. The molecule has 1 aromatic rings. The van der Waals surface area contributed by atoms with Gasteiger partial charge in [-0.2, -0.15) is 5.10 Å². The van der Waals surface area contributed by atoms with Crippen LogP contribution in [0.4, 0.5) is 0 Å². The minimum absolute atomic E-state index is 0.159. The molecular formula is C11H11N3O. The van der Waals surface area contributed by atoms with Crippen LogP contribution >= 0.6 is 0 Å². The zero-order chi connectivity index (χ0) is 10.3. The van der Waals surface area contributed by atoms with Gasteiger partial charge in [0.15, 0.2) is 5.78 Å². The molecule has 1 atom stereocenters. The predicted octanol–water partition coefficient (Wildman–Crippen LogP) is 0.895. The summed E-state index contributed by atoms with van der Waals surface area (Å²) in [7, 11) is 0. The first-order valence-corrected chi connectivity index (χ1v) is 5.02. The van der Waals surface area contributed by atoms with Gasteiger partial charge in [-0.15, -0.1) is 0 Å². The van der Waals surface area contributed by atoms with Gasteiger partial charge in [0.25, 0.3) is 0 Å². The largest absolute Gasteiger partial charge is 0.365 e. The van der Waals surface area contributed by atoms with E-state index in [0.29, 0.717) is 12.1 Å². The lowest BCUT2D eigenvalue weighted by Gasteiger charge is -2.27. The van der Waals surface area contributed by atoms with Crippen molar-refractivity contribution in [3.8, 4) is 0 Å². The molecule has 15 heavy (non-hydrogen) atoms. The Bertz CT molecular complexity index is 444. The van der Waals surface area contributed by atoms with Crippen LogP contribution in [0.15, 0.2) is 36.8 Å². The summed E-state index contributed by atoms with van der Waals surface area (Å²) in [5.41, 5.74) is 0.667. The molecule has 0 N–H and O–H groups in total. The van der Waals surface area contributed by atoms with Gasteiger partial charge in [-0.25, -0.2) is 4.68 Å². The zero-order valence-corrected chi connectivity index (χ0v) is 8.21. The molecule has 0 saturated carbocycles. The molecule has 0 saturated heterocycles. The van der Waals surface area contributed by atoms with Crippen molar-refractivity contribution in [1.82, 2.24) is 14.7 Å². The average Bonchev–Trinajstić information content (AvgIpc) is 2.85. The number of hydrogen-bond acceptors (Lipinski definition) is 3. The van der Waals surface area contributed by atoms with Gasteiger partial charge in [-0.05, 0) is 6.07 Å². The molecule has 0 aromatic carbocycles. The second-order valence-electron chi connectivity index (χ2n) is 3.78. The third kappa shape index (κ3) is 1.29. The van der Waals surface area contributed by atoms with Crippen LogP contribution in [-0.4, -0.2) is 33.1 Å². The molecular weight excluding hydrogens is 190 g/mol. The summed E-state index contributed by atoms with van der Waals surface area (Å²) in [5, 5.41) is 4.08. The molecule has 3 rings (SSSR count). The van der Waals surface area contributed by atoms with Gasteiger partial charge in [0, 0.05) is 31.6 Å². The summed E-state index contributed by atoms with van der Waals surface area (Å²) in [6.45, 7) is 0.892. The van der Waals surface area contributed by atoms with Crippen molar-refractivity contribution in [2.45, 2.75) is 12.5 Å². The normalized spacial score (nSPS) is 24.3. The number of Topliss-reactive ketones (excluding diaryl/α,β-unsaturated/α-hetero) is 1. The van der Waals surface area contributed by atoms with E-state index < -0.39 is 0 Å². The number of rotatable bonds is 1. The van der Waals surface area contributed by atoms with Crippen LogP contribution in [-0.2, 0) is 4.79 Å². The number of hydrogen-bond donors (Lipinski definition) is 0. The predicted molar refractivity (Wildman–Crippen MR) is 55.8 cm³/mol. The summed E-state index contributed by atoms with van der Waals surface area (Å²) in [4.78, 5) is 14.0. The second-order valence-corrected chi connectivity index (χ2v) is 3.78. The molecule has 0 fully saturated rings. The standard InChI is InChI=1S/C11H11N3O/c15-11-7-9-3-1-5-13(9)8-10(11)14-6-2-4-12-14/h1-4,6,8-9H,5,7H2. The van der Waals surface area contributed by atoms with E-state index in [9.17, 15) is 4.79 Å². The summed E-state index contributed by atoms with van der Waals surface area (Å²) < 4.78 is 1.64. The number of ketones is 1. The van der Waals surface area contributed by atoms with E-state index in [0.717, 1.165) is 6.54 Å². The minimum Gasteiger partial charge on any atom is -0.365 e. The maximum Gasteiger partial charge on any atom is 0.185 e. The van der Waals surface area contributed by atoms with Gasteiger partial charge < -0.3 is 4.90 Å². The third-order valence-corrected chi connectivity index (χ3v) is 2.82. The van der Waals surface area contributed by atoms with Crippen LogP contribution in [0.2, 0.25) is 0 Å². The molecule has 4 heteroatoms. The van der Waals surface area contributed by atoms with Crippen LogP contribution in [0.25, 0.3) is 5.70 Å². The number of carbonyl (C=O) groups excluding carboxylic acids is 1. The van der Waals surface area contributed by atoms with E-state index in [2.05, 4.69) is 22.2 Å². The minimum atomic E-state index is 0.159. The molecule has 3 heterocycles. The second kappa shape index (κ2) is 3.08. The van der Waals surface area contributed by atoms with Gasteiger partial charge in [0.2, 0.25) is 0 Å². The Morgan fingerprint density at radius 1 is 1.47 bits per heavy atom. The zero-order valence-electron chi connectivity index (χ0n) is 8.21. The number of nitrogens with zero attached hydrogens (tertiary/aromatic N) is 3. The number of aromatic nitrogens is 2. The van der Waals surface area contributed by atoms with Crippen molar-refractivity contribution in [2.24, 2.45) is 0 Å². The van der Waals surface area contributed by atoms with E-state index in [1.807, 2.05) is 12.3 Å². The summed E-state index contributed by atoms with van der Waals surface area (Å²) >= 11 is 0. The first-order valence-electron chi connectivity index (χ1n) is 5.02. The van der Waals surface area contributed by atoms with Crippen molar-refractivity contribution >= 4 is 11.5 Å². The van der Waals surface area contributed by atoms with E-state index in [1.165, 1.54) is 0 Å². The Balaban J connectivity index is 1.99. The van der Waals surface area contributed by atoms with Gasteiger partial charge in [-0.1, -0.05) is 12.2 Å². The maximum atomic E-state index is 11.8. The molecule has 2 aliphatic rings. The topological polar surface area (TPSA) is 38.1 Å². The molecule has 0 radical (unpaired) electrons. The molecule has 1 unspecified atom stereocenters. The molecule has 0 bridgehead atoms. The van der Waals surface area contributed by atoms with Crippen molar-refractivity contribution in [3.05, 3.63) is 36.8 Å². The van der Waals surface area contributed by atoms with Gasteiger partial charge in [-0.3, -0.25) is 4.79 Å². The molecule has 0 spiro atoms. The first-order chi connectivity index (χ1) is 7.34. The van der Waals surface area contributed by atoms with Gasteiger partial charge in [0.1, 0.15) is 5.70 Å². The van der Waals surface area contributed by atoms with E-state index in [1.54, 1.807) is 17.1 Å². The highest BCUT2D eigenvalue weighted by atomic mass is 16.1. The Labute approximate surface area is 87.5 Å². The highest BCUT2D eigenvalue weighted by Crippen LogP contribution is 2.24. The van der Waals surface area contributed by atoms with Gasteiger partial charge >= 0.3 is 0 Å². The van der Waals surface area contributed by atoms with E-state index >= 15 is 0 Å². The Morgan fingerprint density at radius 3 is 3.20 bits per heavy atom. The average molecular weight is 201 g/mol. The number of allylic oxidation sites excluding steroid dienone is 1. The van der Waals surface area contributed by atoms with E-state index in [4.69, 9.17) is 0 Å². The monoisotopic (exact) mass is 201 g/mol. The van der Waals surface area contributed by atoms with E-state index in [-0.39, 0.29) is 11.8 Å². The summed E-state index contributed by atoms with van der Waals surface area (Å²) in [6, 6.07) is 2.08. The summed E-state index contributed by atoms with van der Waals surface area (Å²) in [5.74, 6) is 0.159. The van der Waals surface area contributed by atoms with Crippen molar-refractivity contribution in [1.29, 1.82) is 0 Å². The maximum absolute atomic E-state index is 11.8. The fourth-order valence-corrected chi connectivity index (χ4v) is 2.04. The van der Waals surface area contributed by atoms with Crippen LogP contribution in [0.5, 0.6) is 0 Å². The number of carbonyl (C=O) groups is 1. The first kappa shape index (κ1) is 8.47. The fraction of sp³-hybridized carbons (Fsp3) is 0.273. The number of fused-ring (bicyclic) bond motifs is 1. The molecule has 2 aliphatic heterocycles. The van der Waals surface area contributed by atoms with Crippen molar-refractivity contribution in [3.63, 3.8) is 0 Å². The molecule has 0 aliphatic carbocycles. The molecule has 4 nitrogen and oxygen atoms in total. The fourth-order valence-electron chi connectivity index (χ4n) is 2.04. The van der Waals surface area contributed by atoms with Crippen LogP contribution in [0, 0.1) is 0 Å². The highest BCUT2D eigenvalue weighted by molar-refractivity contribution is 6.15. The quantitative estimate of drug-likeness (QED) is 0.633. The third-order valence-electron chi connectivity index (χ3n) is 2.82. The lowest BCUT2D eigenvalue weighted by molar-refractivity contribution is -0.115. The van der Waals surface area contributed by atoms with Crippen LogP contribution in [0.3, 0.4) is 0 Å². The van der Waals surface area contributed by atoms with Crippen LogP contribution in [0.1, 0.15) is 6.42 Å².